The molecule has 3 aromatic rings. The summed E-state index contributed by atoms with van der Waals surface area (Å²) < 4.78 is 6.46. The van der Waals surface area contributed by atoms with Crippen molar-refractivity contribution in [3.8, 4) is 11.4 Å². The van der Waals surface area contributed by atoms with Crippen molar-refractivity contribution in [2.75, 3.05) is 13.1 Å². The van der Waals surface area contributed by atoms with E-state index in [-0.39, 0.29) is 23.3 Å². The molecule has 1 amide bonds. The second kappa shape index (κ2) is 10.8. The minimum Gasteiger partial charge on any atom is -0.353 e. The van der Waals surface area contributed by atoms with Gasteiger partial charge in [0.1, 0.15) is 0 Å². The number of carbonyl (C=O) groups excluding carboxylic acids is 1. The summed E-state index contributed by atoms with van der Waals surface area (Å²) in [7, 11) is 0. The maximum atomic E-state index is 12.9. The Kier molecular flexibility index (Phi) is 7.84. The fraction of sp³-hybridized carbons (Fsp3) is 0.444. The van der Waals surface area contributed by atoms with Crippen molar-refractivity contribution < 1.29 is 9.32 Å². The van der Waals surface area contributed by atoms with E-state index in [4.69, 9.17) is 4.52 Å². The van der Waals surface area contributed by atoms with Crippen molar-refractivity contribution in [2.24, 2.45) is 5.92 Å². The highest BCUT2D eigenvalue weighted by Crippen LogP contribution is 2.28. The topological polar surface area (TPSA) is 71.3 Å². The molecular weight excluding hydrogens is 492 g/mol. The standard InChI is InChI=1S/C27H33BrN4O2/c1-19(17-27(2,3)22-9-5-4-6-10-22)29-26(33)20-12-14-32(15-13-20)18-24-30-25(31-34-24)21-8-7-11-23(28)16-21/h4-11,16,19-20H,12-15,17-18H2,1-3H3,(H,29,33). The third-order valence-electron chi connectivity index (χ3n) is 6.63. The first kappa shape index (κ1) is 24.6. The average Bonchev–Trinajstić information content (AvgIpc) is 3.28. The number of nitrogens with zero attached hydrogens (tertiary/aromatic N) is 3. The first-order valence-electron chi connectivity index (χ1n) is 12.0. The zero-order valence-corrected chi connectivity index (χ0v) is 21.7. The quantitative estimate of drug-likeness (QED) is 0.416. The minimum atomic E-state index is 0.0100. The number of likely N-dealkylation sites (tertiary alicyclic amines) is 1. The maximum absolute atomic E-state index is 12.9. The van der Waals surface area contributed by atoms with Crippen LogP contribution in [0.2, 0.25) is 0 Å². The molecule has 0 bridgehead atoms. The molecule has 1 saturated heterocycles. The van der Waals surface area contributed by atoms with Gasteiger partial charge in [-0.05, 0) is 62.4 Å². The van der Waals surface area contributed by atoms with Gasteiger partial charge in [0.25, 0.3) is 0 Å². The number of halogens is 1. The van der Waals surface area contributed by atoms with Crippen molar-refractivity contribution in [1.29, 1.82) is 0 Å². The van der Waals surface area contributed by atoms with Gasteiger partial charge in [-0.15, -0.1) is 0 Å². The van der Waals surface area contributed by atoms with Crippen LogP contribution in [-0.2, 0) is 16.8 Å². The molecule has 2 aromatic carbocycles. The number of benzene rings is 2. The Morgan fingerprint density at radius 3 is 2.62 bits per heavy atom. The van der Waals surface area contributed by atoms with Crippen molar-refractivity contribution >= 4 is 21.8 Å². The van der Waals surface area contributed by atoms with E-state index in [1.807, 2.05) is 30.3 Å². The third kappa shape index (κ3) is 6.33. The highest BCUT2D eigenvalue weighted by molar-refractivity contribution is 9.10. The van der Waals surface area contributed by atoms with Crippen LogP contribution in [0.15, 0.2) is 63.6 Å². The Hall–Kier alpha value is -2.51. The highest BCUT2D eigenvalue weighted by atomic mass is 79.9. The monoisotopic (exact) mass is 524 g/mol. The van der Waals surface area contributed by atoms with Crippen molar-refractivity contribution in [3.05, 3.63) is 70.5 Å². The largest absolute Gasteiger partial charge is 0.353 e. The molecule has 0 aliphatic carbocycles. The summed E-state index contributed by atoms with van der Waals surface area (Å²) in [6.07, 6.45) is 2.58. The predicted octanol–water partition coefficient (Wildman–Crippen LogP) is 5.58. The van der Waals surface area contributed by atoms with Crippen LogP contribution < -0.4 is 5.32 Å². The van der Waals surface area contributed by atoms with Crippen LogP contribution in [0.3, 0.4) is 0 Å². The van der Waals surface area contributed by atoms with E-state index in [1.165, 1.54) is 5.56 Å². The number of aromatic nitrogens is 2. The van der Waals surface area contributed by atoms with Gasteiger partial charge in [-0.25, -0.2) is 0 Å². The van der Waals surface area contributed by atoms with Gasteiger partial charge in [-0.2, -0.15) is 4.98 Å². The first-order valence-corrected chi connectivity index (χ1v) is 12.8. The van der Waals surface area contributed by atoms with Crippen LogP contribution in [0.5, 0.6) is 0 Å². The summed E-state index contributed by atoms with van der Waals surface area (Å²) in [6, 6.07) is 18.5. The average molecular weight is 525 g/mol. The van der Waals surface area contributed by atoms with Crippen LogP contribution >= 0.6 is 15.9 Å². The fourth-order valence-electron chi connectivity index (χ4n) is 4.79. The van der Waals surface area contributed by atoms with Gasteiger partial charge in [0.05, 0.1) is 6.54 Å². The Morgan fingerprint density at radius 2 is 1.91 bits per heavy atom. The molecular formula is C27H33BrN4O2. The van der Waals surface area contributed by atoms with E-state index in [1.54, 1.807) is 0 Å². The second-order valence-corrected chi connectivity index (χ2v) is 10.9. The zero-order valence-electron chi connectivity index (χ0n) is 20.1. The number of rotatable bonds is 8. The molecule has 7 heteroatoms. The van der Waals surface area contributed by atoms with E-state index in [2.05, 4.69) is 81.3 Å². The molecule has 0 spiro atoms. The Labute approximate surface area is 210 Å². The normalized spacial score (nSPS) is 16.4. The first-order chi connectivity index (χ1) is 16.3. The summed E-state index contributed by atoms with van der Waals surface area (Å²) in [5.74, 6) is 1.43. The predicted molar refractivity (Wildman–Crippen MR) is 137 cm³/mol. The lowest BCUT2D eigenvalue weighted by Crippen LogP contribution is -2.44. The molecule has 1 N–H and O–H groups in total. The van der Waals surface area contributed by atoms with Crippen LogP contribution in [0.25, 0.3) is 11.4 Å². The number of amides is 1. The molecule has 0 saturated carbocycles. The summed E-state index contributed by atoms with van der Waals surface area (Å²) >= 11 is 3.48. The second-order valence-electron chi connectivity index (χ2n) is 9.94. The summed E-state index contributed by atoms with van der Waals surface area (Å²) in [5.41, 5.74) is 2.23. The van der Waals surface area contributed by atoms with Gasteiger partial charge in [-0.1, -0.05) is 77.4 Å². The SMILES string of the molecule is CC(CC(C)(C)c1ccccc1)NC(=O)C1CCN(Cc2nc(-c3cccc(Br)c3)no2)CC1. The lowest BCUT2D eigenvalue weighted by molar-refractivity contribution is -0.127. The van der Waals surface area contributed by atoms with Crippen LogP contribution in [0, 0.1) is 5.92 Å². The molecule has 1 aliphatic heterocycles. The lowest BCUT2D eigenvalue weighted by Gasteiger charge is -2.32. The third-order valence-corrected chi connectivity index (χ3v) is 7.12. The van der Waals surface area contributed by atoms with Crippen molar-refractivity contribution in [1.82, 2.24) is 20.4 Å². The van der Waals surface area contributed by atoms with Crippen molar-refractivity contribution in [2.45, 2.75) is 58.0 Å². The molecule has 1 aliphatic rings. The highest BCUT2D eigenvalue weighted by Gasteiger charge is 2.29. The number of nitrogens with one attached hydrogen (secondary N) is 1. The van der Waals surface area contributed by atoms with E-state index < -0.39 is 0 Å². The van der Waals surface area contributed by atoms with Crippen LogP contribution in [0.4, 0.5) is 0 Å². The summed E-state index contributed by atoms with van der Waals surface area (Å²) in [4.78, 5) is 19.7. The summed E-state index contributed by atoms with van der Waals surface area (Å²) in [5, 5.41) is 7.39. The number of carbonyl (C=O) groups is 1. The number of hydrogen-bond acceptors (Lipinski definition) is 5. The lowest BCUT2D eigenvalue weighted by atomic mass is 9.79. The molecule has 1 fully saturated rings. The Bertz CT molecular complexity index is 1090. The zero-order chi connectivity index (χ0) is 24.1. The number of piperidine rings is 1. The van der Waals surface area contributed by atoms with Gasteiger partial charge < -0.3 is 9.84 Å². The van der Waals surface area contributed by atoms with E-state index in [9.17, 15) is 4.79 Å². The van der Waals surface area contributed by atoms with E-state index in [0.717, 1.165) is 42.4 Å². The van der Waals surface area contributed by atoms with Gasteiger partial charge in [0.2, 0.25) is 17.6 Å². The van der Waals surface area contributed by atoms with Crippen LogP contribution in [0.1, 0.15) is 51.5 Å². The van der Waals surface area contributed by atoms with Gasteiger partial charge in [0, 0.05) is 22.0 Å². The van der Waals surface area contributed by atoms with Gasteiger partial charge in [0.15, 0.2) is 0 Å². The molecule has 4 rings (SSSR count). The van der Waals surface area contributed by atoms with Gasteiger partial charge >= 0.3 is 0 Å². The van der Waals surface area contributed by atoms with E-state index in [0.29, 0.717) is 18.3 Å². The molecule has 6 nitrogen and oxygen atoms in total. The molecule has 34 heavy (non-hydrogen) atoms. The molecule has 1 unspecified atom stereocenters. The Morgan fingerprint density at radius 1 is 1.18 bits per heavy atom. The fourth-order valence-corrected chi connectivity index (χ4v) is 5.19. The molecule has 180 valence electrons. The van der Waals surface area contributed by atoms with Crippen molar-refractivity contribution in [3.63, 3.8) is 0 Å². The molecule has 0 radical (unpaired) electrons. The number of hydrogen-bond donors (Lipinski definition) is 1. The van der Waals surface area contributed by atoms with Gasteiger partial charge in [-0.3, -0.25) is 9.69 Å². The summed E-state index contributed by atoms with van der Waals surface area (Å²) in [6.45, 7) is 8.88. The molecule has 2 heterocycles. The Balaban J connectivity index is 1.24. The van der Waals surface area contributed by atoms with E-state index >= 15 is 0 Å². The minimum absolute atomic E-state index is 0.0100. The molecule has 1 atom stereocenters. The maximum Gasteiger partial charge on any atom is 0.241 e. The molecule has 1 aromatic heterocycles. The van der Waals surface area contributed by atoms with Crippen LogP contribution in [-0.4, -0.2) is 40.1 Å². The smallest absolute Gasteiger partial charge is 0.241 e.